The van der Waals surface area contributed by atoms with Gasteiger partial charge in [-0.3, -0.25) is 0 Å². The fraction of sp³-hybridized carbons (Fsp3) is 0.500. The number of sulfonamides is 1. The van der Waals surface area contributed by atoms with Crippen LogP contribution in [-0.4, -0.2) is 50.1 Å². The molecule has 1 saturated heterocycles. The molecule has 0 saturated carbocycles. The summed E-state index contributed by atoms with van der Waals surface area (Å²) in [6.07, 6.45) is 1.37. The van der Waals surface area contributed by atoms with Crippen molar-refractivity contribution in [3.63, 3.8) is 0 Å². The second kappa shape index (κ2) is 6.55. The van der Waals surface area contributed by atoms with Gasteiger partial charge < -0.3 is 9.84 Å². The number of nitrogens with zero attached hydrogens (tertiary/aromatic N) is 1. The van der Waals surface area contributed by atoms with E-state index in [1.165, 1.54) is 16.4 Å². The summed E-state index contributed by atoms with van der Waals surface area (Å²) in [5, 5.41) is 8.95. The molecule has 1 aliphatic heterocycles. The third-order valence-corrected chi connectivity index (χ3v) is 5.54. The molecule has 0 aliphatic carbocycles. The third-order valence-electron chi connectivity index (χ3n) is 3.67. The summed E-state index contributed by atoms with van der Waals surface area (Å²) in [7, 11) is -1.89. The number of carboxylic acids is 1. The third kappa shape index (κ3) is 4.03. The fourth-order valence-electron chi connectivity index (χ4n) is 2.38. The molecule has 1 aliphatic rings. The average Bonchev–Trinajstić information content (AvgIpc) is 2.47. The van der Waals surface area contributed by atoms with Crippen LogP contribution in [0.1, 0.15) is 28.8 Å². The quantitative estimate of drug-likeness (QED) is 0.886. The molecule has 0 bridgehead atoms. The van der Waals surface area contributed by atoms with Crippen molar-refractivity contribution in [3.8, 4) is 0 Å². The highest BCUT2D eigenvalue weighted by Gasteiger charge is 2.28. The largest absolute Gasteiger partial charge is 0.478 e. The molecule has 6 nitrogen and oxygen atoms in total. The van der Waals surface area contributed by atoms with E-state index in [-0.39, 0.29) is 17.4 Å². The maximum atomic E-state index is 12.4. The lowest BCUT2D eigenvalue weighted by Crippen LogP contribution is -2.41. The van der Waals surface area contributed by atoms with Crippen LogP contribution in [0.25, 0.3) is 0 Å². The molecule has 0 aromatic heterocycles. The van der Waals surface area contributed by atoms with E-state index in [1.54, 1.807) is 19.2 Å². The standard InChI is InChI=1S/C14H19NO5S/c1-15(13-5-7-20-8-6-13)21(18,19)10-11-3-2-4-12(9-11)14(16)17/h2-4,9,13H,5-8,10H2,1H3,(H,16,17). The first-order valence-electron chi connectivity index (χ1n) is 6.76. The minimum atomic E-state index is -3.47. The van der Waals surface area contributed by atoms with E-state index in [2.05, 4.69) is 0 Å². The van der Waals surface area contributed by atoms with Crippen molar-refractivity contribution in [2.24, 2.45) is 0 Å². The zero-order valence-electron chi connectivity index (χ0n) is 11.9. The van der Waals surface area contributed by atoms with Crippen LogP contribution in [0.15, 0.2) is 24.3 Å². The van der Waals surface area contributed by atoms with Gasteiger partial charge in [0.25, 0.3) is 0 Å². The lowest BCUT2D eigenvalue weighted by molar-refractivity contribution is 0.0631. The monoisotopic (exact) mass is 313 g/mol. The second-order valence-electron chi connectivity index (χ2n) is 5.12. The Kier molecular flexibility index (Phi) is 4.97. The molecule has 1 aromatic carbocycles. The van der Waals surface area contributed by atoms with Crippen molar-refractivity contribution >= 4 is 16.0 Å². The Morgan fingerprint density at radius 2 is 2.05 bits per heavy atom. The number of ether oxygens (including phenoxy) is 1. The van der Waals surface area contributed by atoms with E-state index in [0.717, 1.165) is 0 Å². The van der Waals surface area contributed by atoms with Gasteiger partial charge in [0, 0.05) is 26.3 Å². The van der Waals surface area contributed by atoms with Crippen LogP contribution in [0.4, 0.5) is 0 Å². The SMILES string of the molecule is CN(C1CCOCC1)S(=O)(=O)Cc1cccc(C(=O)O)c1. The number of hydrogen-bond acceptors (Lipinski definition) is 4. The number of aromatic carboxylic acids is 1. The van der Waals surface area contributed by atoms with Crippen molar-refractivity contribution in [1.82, 2.24) is 4.31 Å². The minimum Gasteiger partial charge on any atom is -0.478 e. The van der Waals surface area contributed by atoms with Gasteiger partial charge >= 0.3 is 5.97 Å². The summed E-state index contributed by atoms with van der Waals surface area (Å²) in [4.78, 5) is 10.9. The normalized spacial score (nSPS) is 17.0. The van der Waals surface area contributed by atoms with E-state index in [9.17, 15) is 13.2 Å². The predicted molar refractivity (Wildman–Crippen MR) is 77.6 cm³/mol. The van der Waals surface area contributed by atoms with Gasteiger partial charge in [0.15, 0.2) is 0 Å². The molecule has 0 atom stereocenters. The van der Waals surface area contributed by atoms with Crippen LogP contribution in [0.3, 0.4) is 0 Å². The van der Waals surface area contributed by atoms with Crippen molar-refractivity contribution in [2.45, 2.75) is 24.6 Å². The molecule has 0 radical (unpaired) electrons. The highest BCUT2D eigenvalue weighted by molar-refractivity contribution is 7.88. The van der Waals surface area contributed by atoms with E-state index in [0.29, 0.717) is 31.6 Å². The molecule has 2 rings (SSSR count). The second-order valence-corrected chi connectivity index (χ2v) is 7.15. The van der Waals surface area contributed by atoms with E-state index < -0.39 is 16.0 Å². The number of carbonyl (C=O) groups is 1. The molecule has 1 N–H and O–H groups in total. The van der Waals surface area contributed by atoms with Gasteiger partial charge in [-0.15, -0.1) is 0 Å². The highest BCUT2D eigenvalue weighted by atomic mass is 32.2. The molecule has 0 amide bonds. The van der Waals surface area contributed by atoms with Gasteiger partial charge in [0.1, 0.15) is 0 Å². The van der Waals surface area contributed by atoms with Gasteiger partial charge in [0.2, 0.25) is 10.0 Å². The van der Waals surface area contributed by atoms with Crippen molar-refractivity contribution in [3.05, 3.63) is 35.4 Å². The summed E-state index contributed by atoms with van der Waals surface area (Å²) >= 11 is 0. The minimum absolute atomic E-state index is 0.0496. The van der Waals surface area contributed by atoms with Crippen molar-refractivity contribution in [2.75, 3.05) is 20.3 Å². The Morgan fingerprint density at radius 1 is 1.38 bits per heavy atom. The smallest absolute Gasteiger partial charge is 0.335 e. The molecule has 1 fully saturated rings. The Labute approximate surface area is 124 Å². The Morgan fingerprint density at radius 3 is 2.67 bits per heavy atom. The number of hydrogen-bond donors (Lipinski definition) is 1. The zero-order chi connectivity index (χ0) is 15.5. The van der Waals surface area contributed by atoms with Crippen LogP contribution < -0.4 is 0 Å². The number of benzene rings is 1. The molecular weight excluding hydrogens is 294 g/mol. The predicted octanol–water partition coefficient (Wildman–Crippen LogP) is 1.33. The summed E-state index contributed by atoms with van der Waals surface area (Å²) in [6.45, 7) is 1.14. The Hall–Kier alpha value is -1.44. The van der Waals surface area contributed by atoms with Crippen molar-refractivity contribution in [1.29, 1.82) is 0 Å². The van der Waals surface area contributed by atoms with E-state index in [4.69, 9.17) is 9.84 Å². The summed E-state index contributed by atoms with van der Waals surface area (Å²) in [5.41, 5.74) is 0.574. The molecule has 0 spiro atoms. The molecule has 1 heterocycles. The van der Waals surface area contributed by atoms with Gasteiger partial charge in [-0.05, 0) is 30.5 Å². The van der Waals surface area contributed by atoms with Crippen molar-refractivity contribution < 1.29 is 23.1 Å². The maximum absolute atomic E-state index is 12.4. The van der Waals surface area contributed by atoms with Gasteiger partial charge in [-0.1, -0.05) is 12.1 Å². The first-order valence-corrected chi connectivity index (χ1v) is 8.37. The van der Waals surface area contributed by atoms with E-state index >= 15 is 0 Å². The van der Waals surface area contributed by atoms with Crippen LogP contribution in [0.2, 0.25) is 0 Å². The van der Waals surface area contributed by atoms with Crippen LogP contribution in [0, 0.1) is 0 Å². The maximum Gasteiger partial charge on any atom is 0.335 e. The average molecular weight is 313 g/mol. The molecule has 116 valence electrons. The Bertz CT molecular complexity index is 608. The molecule has 1 aromatic rings. The van der Waals surface area contributed by atoms with Crippen LogP contribution in [-0.2, 0) is 20.5 Å². The fourth-order valence-corrected chi connectivity index (χ4v) is 3.85. The first kappa shape index (κ1) is 15.9. The van der Waals surface area contributed by atoms with Gasteiger partial charge in [0.05, 0.1) is 11.3 Å². The molecule has 0 unspecified atom stereocenters. The van der Waals surface area contributed by atoms with Crippen LogP contribution in [0.5, 0.6) is 0 Å². The number of rotatable bonds is 5. The Balaban J connectivity index is 2.12. The van der Waals surface area contributed by atoms with E-state index in [1.807, 2.05) is 0 Å². The van der Waals surface area contributed by atoms with Crippen LogP contribution >= 0.6 is 0 Å². The zero-order valence-corrected chi connectivity index (χ0v) is 12.7. The molecular formula is C14H19NO5S. The lowest BCUT2D eigenvalue weighted by atomic mass is 10.1. The van der Waals surface area contributed by atoms with Gasteiger partial charge in [-0.2, -0.15) is 0 Å². The molecule has 21 heavy (non-hydrogen) atoms. The highest BCUT2D eigenvalue weighted by Crippen LogP contribution is 2.19. The summed E-state index contributed by atoms with van der Waals surface area (Å²) < 4.78 is 31.5. The first-order chi connectivity index (χ1) is 9.90. The topological polar surface area (TPSA) is 83.9 Å². The lowest BCUT2D eigenvalue weighted by Gasteiger charge is -2.30. The molecule has 7 heteroatoms. The number of carboxylic acid groups (broad SMARTS) is 1. The summed E-state index contributed by atoms with van der Waals surface area (Å²) in [6, 6.07) is 5.98. The van der Waals surface area contributed by atoms with Gasteiger partial charge in [-0.25, -0.2) is 17.5 Å². The summed E-state index contributed by atoms with van der Waals surface area (Å²) in [5.74, 6) is -1.26.